The second-order valence-electron chi connectivity index (χ2n) is 7.15. The first kappa shape index (κ1) is 17.4. The standard InChI is InChI=1S/C20H24FN3O2/c21-17-3-1-15(2-4-17)12-24-13-18(14-26-24)23-9-7-16(8-10-23)20-6-5-19(25)11-22-20/h1-6,11,16,18,25H,7-10,12-14H2. The van der Waals surface area contributed by atoms with Crippen LogP contribution in [0, 0.1) is 5.82 Å². The first-order chi connectivity index (χ1) is 12.7. The van der Waals surface area contributed by atoms with Gasteiger partial charge in [-0.2, -0.15) is 5.06 Å². The lowest BCUT2D eigenvalue weighted by atomic mass is 9.92. The first-order valence-corrected chi connectivity index (χ1v) is 9.18. The number of aromatic nitrogens is 1. The van der Waals surface area contributed by atoms with Crippen LogP contribution in [0.2, 0.25) is 0 Å². The van der Waals surface area contributed by atoms with Gasteiger partial charge in [-0.15, -0.1) is 0 Å². The third-order valence-electron chi connectivity index (χ3n) is 5.37. The van der Waals surface area contributed by atoms with Gasteiger partial charge in [0, 0.05) is 24.7 Å². The molecular formula is C20H24FN3O2. The number of pyridine rings is 1. The summed E-state index contributed by atoms with van der Waals surface area (Å²) in [5.41, 5.74) is 2.13. The van der Waals surface area contributed by atoms with E-state index in [1.54, 1.807) is 6.07 Å². The van der Waals surface area contributed by atoms with E-state index in [-0.39, 0.29) is 11.6 Å². The van der Waals surface area contributed by atoms with Crippen LogP contribution in [0.15, 0.2) is 42.6 Å². The summed E-state index contributed by atoms with van der Waals surface area (Å²) in [4.78, 5) is 12.7. The van der Waals surface area contributed by atoms with Gasteiger partial charge in [-0.05, 0) is 55.8 Å². The molecular weight excluding hydrogens is 333 g/mol. The van der Waals surface area contributed by atoms with Gasteiger partial charge < -0.3 is 5.11 Å². The van der Waals surface area contributed by atoms with E-state index >= 15 is 0 Å². The van der Waals surface area contributed by atoms with Crippen molar-refractivity contribution in [3.8, 4) is 5.75 Å². The molecule has 3 heterocycles. The molecule has 0 spiro atoms. The van der Waals surface area contributed by atoms with Gasteiger partial charge in [-0.3, -0.25) is 14.7 Å². The van der Waals surface area contributed by atoms with Crippen LogP contribution in [-0.4, -0.2) is 52.3 Å². The van der Waals surface area contributed by atoms with Gasteiger partial charge in [-0.1, -0.05) is 12.1 Å². The summed E-state index contributed by atoms with van der Waals surface area (Å²) in [6, 6.07) is 10.6. The minimum absolute atomic E-state index is 0.208. The highest BCUT2D eigenvalue weighted by Crippen LogP contribution is 2.29. The molecule has 1 unspecified atom stereocenters. The van der Waals surface area contributed by atoms with Gasteiger partial charge in [0.2, 0.25) is 0 Å². The summed E-state index contributed by atoms with van der Waals surface area (Å²) in [6.07, 6.45) is 3.68. The lowest BCUT2D eigenvalue weighted by molar-refractivity contribution is -0.117. The fraction of sp³-hybridized carbons (Fsp3) is 0.450. The number of hydroxylamine groups is 2. The Labute approximate surface area is 153 Å². The molecule has 1 N–H and O–H groups in total. The van der Waals surface area contributed by atoms with Gasteiger partial charge >= 0.3 is 0 Å². The van der Waals surface area contributed by atoms with Crippen molar-refractivity contribution < 1.29 is 14.3 Å². The molecule has 4 rings (SSSR count). The number of benzene rings is 1. The van der Waals surface area contributed by atoms with E-state index in [0.717, 1.165) is 43.7 Å². The first-order valence-electron chi connectivity index (χ1n) is 9.18. The van der Waals surface area contributed by atoms with Crippen LogP contribution in [-0.2, 0) is 11.4 Å². The van der Waals surface area contributed by atoms with Crippen molar-refractivity contribution in [3.05, 3.63) is 59.7 Å². The summed E-state index contributed by atoms with van der Waals surface area (Å²) in [7, 11) is 0. The van der Waals surface area contributed by atoms with Gasteiger partial charge in [0.15, 0.2) is 0 Å². The number of nitrogens with zero attached hydrogens (tertiary/aromatic N) is 3. The monoisotopic (exact) mass is 357 g/mol. The van der Waals surface area contributed by atoms with Gasteiger partial charge in [-0.25, -0.2) is 4.39 Å². The molecule has 0 amide bonds. The van der Waals surface area contributed by atoms with E-state index in [0.29, 0.717) is 25.1 Å². The topological polar surface area (TPSA) is 48.8 Å². The predicted octanol–water partition coefficient (Wildman–Crippen LogP) is 2.92. The van der Waals surface area contributed by atoms with Crippen molar-refractivity contribution in [1.29, 1.82) is 0 Å². The zero-order chi connectivity index (χ0) is 17.9. The molecule has 2 aliphatic rings. The summed E-state index contributed by atoms with van der Waals surface area (Å²) < 4.78 is 13.0. The summed E-state index contributed by atoms with van der Waals surface area (Å²) >= 11 is 0. The van der Waals surface area contributed by atoms with Crippen molar-refractivity contribution in [2.45, 2.75) is 31.3 Å². The molecule has 2 aromatic rings. The molecule has 0 radical (unpaired) electrons. The average Bonchev–Trinajstić information content (AvgIpc) is 3.13. The maximum absolute atomic E-state index is 13.0. The van der Waals surface area contributed by atoms with Crippen LogP contribution in [0.25, 0.3) is 0 Å². The minimum Gasteiger partial charge on any atom is -0.506 e. The predicted molar refractivity (Wildman–Crippen MR) is 96.0 cm³/mol. The highest BCUT2D eigenvalue weighted by Gasteiger charge is 2.32. The number of halogens is 1. The molecule has 1 atom stereocenters. The maximum Gasteiger partial charge on any atom is 0.133 e. The lowest BCUT2D eigenvalue weighted by Crippen LogP contribution is -2.43. The SMILES string of the molecule is Oc1ccc(C2CCN(C3CON(Cc4ccc(F)cc4)C3)CC2)nc1. The molecule has 1 aromatic carbocycles. The molecule has 138 valence electrons. The van der Waals surface area contributed by atoms with Crippen molar-refractivity contribution in [3.63, 3.8) is 0 Å². The normalized spacial score (nSPS) is 22.7. The summed E-state index contributed by atoms with van der Waals surface area (Å²) in [6.45, 7) is 4.34. The van der Waals surface area contributed by atoms with Crippen LogP contribution in [0.5, 0.6) is 5.75 Å². The van der Waals surface area contributed by atoms with Gasteiger partial charge in [0.1, 0.15) is 11.6 Å². The van der Waals surface area contributed by atoms with Gasteiger partial charge in [0.05, 0.1) is 18.8 Å². The van der Waals surface area contributed by atoms with Crippen molar-refractivity contribution in [1.82, 2.24) is 14.9 Å². The molecule has 2 aliphatic heterocycles. The minimum atomic E-state index is -0.208. The van der Waals surface area contributed by atoms with Crippen molar-refractivity contribution in [2.24, 2.45) is 0 Å². The molecule has 0 saturated carbocycles. The second kappa shape index (κ2) is 7.70. The fourth-order valence-electron chi connectivity index (χ4n) is 3.86. The Hall–Kier alpha value is -2.02. The average molecular weight is 357 g/mol. The third kappa shape index (κ3) is 4.03. The molecule has 2 saturated heterocycles. The zero-order valence-corrected chi connectivity index (χ0v) is 14.7. The quantitative estimate of drug-likeness (QED) is 0.912. The number of piperidine rings is 1. The van der Waals surface area contributed by atoms with E-state index in [4.69, 9.17) is 4.84 Å². The molecule has 26 heavy (non-hydrogen) atoms. The van der Waals surface area contributed by atoms with E-state index < -0.39 is 0 Å². The van der Waals surface area contributed by atoms with Crippen LogP contribution >= 0.6 is 0 Å². The Morgan fingerprint density at radius 3 is 2.58 bits per heavy atom. The number of aromatic hydroxyl groups is 1. The molecule has 1 aromatic heterocycles. The third-order valence-corrected chi connectivity index (χ3v) is 5.37. The summed E-state index contributed by atoms with van der Waals surface area (Å²) in [5.74, 6) is 0.472. The Balaban J connectivity index is 1.27. The van der Waals surface area contributed by atoms with E-state index in [9.17, 15) is 9.50 Å². The molecule has 6 heteroatoms. The Morgan fingerprint density at radius 2 is 1.88 bits per heavy atom. The molecule has 5 nitrogen and oxygen atoms in total. The van der Waals surface area contributed by atoms with E-state index in [2.05, 4.69) is 9.88 Å². The van der Waals surface area contributed by atoms with E-state index in [1.807, 2.05) is 23.3 Å². The zero-order valence-electron chi connectivity index (χ0n) is 14.7. The van der Waals surface area contributed by atoms with Crippen LogP contribution < -0.4 is 0 Å². The Morgan fingerprint density at radius 1 is 1.12 bits per heavy atom. The highest BCUT2D eigenvalue weighted by atomic mass is 19.1. The molecule has 0 aliphatic carbocycles. The number of rotatable bonds is 4. The maximum atomic E-state index is 13.0. The lowest BCUT2D eigenvalue weighted by Gasteiger charge is -2.35. The smallest absolute Gasteiger partial charge is 0.133 e. The largest absolute Gasteiger partial charge is 0.506 e. The fourth-order valence-corrected chi connectivity index (χ4v) is 3.86. The summed E-state index contributed by atoms with van der Waals surface area (Å²) in [5, 5.41) is 11.4. The van der Waals surface area contributed by atoms with Crippen LogP contribution in [0.3, 0.4) is 0 Å². The van der Waals surface area contributed by atoms with Crippen molar-refractivity contribution in [2.75, 3.05) is 26.2 Å². The molecule has 0 bridgehead atoms. The number of hydrogen-bond acceptors (Lipinski definition) is 5. The van der Waals surface area contributed by atoms with Crippen LogP contribution in [0.4, 0.5) is 4.39 Å². The van der Waals surface area contributed by atoms with Crippen molar-refractivity contribution >= 4 is 0 Å². The Bertz CT molecular complexity index is 715. The van der Waals surface area contributed by atoms with Gasteiger partial charge in [0.25, 0.3) is 0 Å². The Kier molecular flexibility index (Phi) is 5.15. The van der Waals surface area contributed by atoms with E-state index in [1.165, 1.54) is 18.3 Å². The second-order valence-corrected chi connectivity index (χ2v) is 7.15. The number of hydrogen-bond donors (Lipinski definition) is 1. The highest BCUT2D eigenvalue weighted by molar-refractivity contribution is 5.20. The van der Waals surface area contributed by atoms with Crippen LogP contribution in [0.1, 0.15) is 30.0 Å². The number of likely N-dealkylation sites (tertiary alicyclic amines) is 1. The molecule has 2 fully saturated rings.